The molecule has 1 aromatic carbocycles. The Morgan fingerprint density at radius 2 is 1.94 bits per heavy atom. The van der Waals surface area contributed by atoms with Gasteiger partial charge in [-0.1, -0.05) is 42.1 Å². The molecule has 0 saturated heterocycles. The summed E-state index contributed by atoms with van der Waals surface area (Å²) in [5.41, 5.74) is 6.49. The lowest BCUT2D eigenvalue weighted by molar-refractivity contribution is -0.116. The van der Waals surface area contributed by atoms with Gasteiger partial charge < -0.3 is 19.6 Å². The topological polar surface area (TPSA) is 145 Å². The van der Waals surface area contributed by atoms with Crippen LogP contribution in [0.4, 0.5) is 11.5 Å². The van der Waals surface area contributed by atoms with Crippen LogP contribution in [0.5, 0.6) is 0 Å². The maximum atomic E-state index is 13.1. The highest BCUT2D eigenvalue weighted by Crippen LogP contribution is 2.26. The van der Waals surface area contributed by atoms with Gasteiger partial charge in [0.05, 0.1) is 24.1 Å². The molecule has 3 N–H and O–H groups in total. The summed E-state index contributed by atoms with van der Waals surface area (Å²) in [5.74, 6) is 0.890. The number of nitrogens with zero attached hydrogens (tertiary/aromatic N) is 5. The number of carbonyl (C=O) groups excluding carboxylic acids is 1. The van der Waals surface area contributed by atoms with Crippen molar-refractivity contribution in [3.05, 3.63) is 74.8 Å². The molecule has 182 valence electrons. The van der Waals surface area contributed by atoms with Crippen LogP contribution in [-0.4, -0.2) is 42.5 Å². The number of nitrogens with one attached hydrogen (secondary N) is 1. The number of nitrogen functional groups attached to an aromatic ring is 1. The number of aromatic nitrogens is 5. The Morgan fingerprint density at radius 1 is 1.20 bits per heavy atom. The molecule has 3 heterocycles. The molecule has 0 bridgehead atoms. The number of hydrogen-bond acceptors (Lipinski definition) is 8. The first-order chi connectivity index (χ1) is 16.8. The van der Waals surface area contributed by atoms with Crippen LogP contribution in [-0.2, 0) is 18.4 Å². The van der Waals surface area contributed by atoms with Crippen molar-refractivity contribution in [1.82, 2.24) is 24.3 Å². The van der Waals surface area contributed by atoms with Gasteiger partial charge in [0.15, 0.2) is 16.7 Å². The van der Waals surface area contributed by atoms with Gasteiger partial charge in [0.25, 0.3) is 5.56 Å². The van der Waals surface area contributed by atoms with E-state index in [1.807, 2.05) is 37.3 Å². The molecule has 0 aliphatic heterocycles. The van der Waals surface area contributed by atoms with Gasteiger partial charge >= 0.3 is 5.69 Å². The van der Waals surface area contributed by atoms with Crippen LogP contribution in [0.2, 0.25) is 0 Å². The zero-order valence-electron chi connectivity index (χ0n) is 19.5. The Morgan fingerprint density at radius 3 is 2.60 bits per heavy atom. The number of rotatable bonds is 8. The van der Waals surface area contributed by atoms with Crippen LogP contribution >= 0.6 is 11.8 Å². The number of carbonyl (C=O) groups is 1. The number of benzene rings is 1. The number of H-pyrrole nitrogens is 1. The fourth-order valence-electron chi connectivity index (χ4n) is 3.72. The highest BCUT2D eigenvalue weighted by Gasteiger charge is 2.24. The average Bonchev–Trinajstić information content (AvgIpc) is 3.42. The number of aromatic amines is 1. The van der Waals surface area contributed by atoms with Gasteiger partial charge in [0, 0.05) is 13.6 Å². The molecule has 35 heavy (non-hydrogen) atoms. The minimum atomic E-state index is -0.714. The van der Waals surface area contributed by atoms with Crippen molar-refractivity contribution in [2.75, 3.05) is 22.9 Å². The van der Waals surface area contributed by atoms with Crippen molar-refractivity contribution in [1.29, 1.82) is 0 Å². The van der Waals surface area contributed by atoms with E-state index in [0.29, 0.717) is 16.7 Å². The quantitative estimate of drug-likeness (QED) is 0.353. The van der Waals surface area contributed by atoms with Crippen LogP contribution in [0, 0.1) is 6.92 Å². The molecule has 4 rings (SSSR count). The number of amides is 1. The molecule has 12 heteroatoms. The second-order valence-electron chi connectivity index (χ2n) is 7.75. The third-order valence-electron chi connectivity index (χ3n) is 5.54. The standard InChI is InChI=1S/C23H25N7O4S/c1-4-29(17(31)13-35-23-27-26-20(28(23)3)16-10-11-34-14(16)2)18-19(24)30(22(33)25-21(18)32)12-15-8-6-5-7-9-15/h5-11H,4,12-13,24H2,1-3H3,(H,25,32,33). The van der Waals surface area contributed by atoms with E-state index in [1.54, 1.807) is 30.9 Å². The Kier molecular flexibility index (Phi) is 6.92. The maximum absolute atomic E-state index is 13.1. The van der Waals surface area contributed by atoms with E-state index in [4.69, 9.17) is 10.2 Å². The van der Waals surface area contributed by atoms with Crippen LogP contribution in [0.15, 0.2) is 61.8 Å². The number of furan rings is 1. The fraction of sp³-hybridized carbons (Fsp3) is 0.261. The van der Waals surface area contributed by atoms with Crippen molar-refractivity contribution in [2.45, 2.75) is 25.5 Å². The first-order valence-corrected chi connectivity index (χ1v) is 11.8. The molecule has 1 amide bonds. The molecule has 0 radical (unpaired) electrons. The van der Waals surface area contributed by atoms with Gasteiger partial charge in [-0.15, -0.1) is 10.2 Å². The molecular weight excluding hydrogens is 470 g/mol. The number of thioether (sulfide) groups is 1. The van der Waals surface area contributed by atoms with Crippen molar-refractivity contribution in [2.24, 2.45) is 7.05 Å². The summed E-state index contributed by atoms with van der Waals surface area (Å²) in [6, 6.07) is 11.0. The third-order valence-corrected chi connectivity index (χ3v) is 6.55. The van der Waals surface area contributed by atoms with Crippen molar-refractivity contribution >= 4 is 29.2 Å². The lowest BCUT2D eigenvalue weighted by atomic mass is 10.2. The van der Waals surface area contributed by atoms with E-state index in [1.165, 1.54) is 21.2 Å². The summed E-state index contributed by atoms with van der Waals surface area (Å²) >= 11 is 1.19. The number of hydrogen-bond donors (Lipinski definition) is 2. The van der Waals surface area contributed by atoms with Crippen LogP contribution in [0.25, 0.3) is 11.4 Å². The van der Waals surface area contributed by atoms with Gasteiger partial charge in [0.2, 0.25) is 5.91 Å². The Labute approximate surface area is 204 Å². The molecule has 11 nitrogen and oxygen atoms in total. The third kappa shape index (κ3) is 4.78. The Hall–Kier alpha value is -4.06. The molecule has 0 atom stereocenters. The Bertz CT molecular complexity index is 1470. The van der Waals surface area contributed by atoms with Gasteiger partial charge in [-0.2, -0.15) is 0 Å². The maximum Gasteiger partial charge on any atom is 0.330 e. The summed E-state index contributed by atoms with van der Waals surface area (Å²) in [6.07, 6.45) is 1.58. The molecule has 3 aromatic heterocycles. The summed E-state index contributed by atoms with van der Waals surface area (Å²) in [5, 5.41) is 8.91. The zero-order chi connectivity index (χ0) is 25.1. The highest BCUT2D eigenvalue weighted by atomic mass is 32.2. The largest absolute Gasteiger partial charge is 0.469 e. The van der Waals surface area contributed by atoms with Gasteiger partial charge in [-0.25, -0.2) is 4.79 Å². The van der Waals surface area contributed by atoms with Crippen LogP contribution < -0.4 is 21.9 Å². The van der Waals surface area contributed by atoms with E-state index in [-0.39, 0.29) is 36.3 Å². The summed E-state index contributed by atoms with van der Waals surface area (Å²) < 4.78 is 8.36. The summed E-state index contributed by atoms with van der Waals surface area (Å²) in [4.78, 5) is 41.8. The molecule has 4 aromatic rings. The van der Waals surface area contributed by atoms with Gasteiger partial charge in [-0.05, 0) is 25.5 Å². The predicted molar refractivity (Wildman–Crippen MR) is 133 cm³/mol. The predicted octanol–water partition coefficient (Wildman–Crippen LogP) is 2.01. The molecular formula is C23H25N7O4S. The van der Waals surface area contributed by atoms with E-state index >= 15 is 0 Å². The number of aryl methyl sites for hydroxylation is 1. The molecule has 0 saturated carbocycles. The SMILES string of the molecule is CCN(C(=O)CSc1nnc(-c2ccoc2C)n1C)c1c(N)n(Cc2ccccc2)c(=O)[nH]c1=O. The Balaban J connectivity index is 1.57. The average molecular weight is 496 g/mol. The first-order valence-electron chi connectivity index (χ1n) is 10.8. The van der Waals surface area contributed by atoms with E-state index in [0.717, 1.165) is 11.1 Å². The lowest BCUT2D eigenvalue weighted by Gasteiger charge is -2.23. The molecule has 0 aliphatic carbocycles. The van der Waals surface area contributed by atoms with Crippen molar-refractivity contribution in [3.8, 4) is 11.4 Å². The smallest absolute Gasteiger partial charge is 0.330 e. The zero-order valence-corrected chi connectivity index (χ0v) is 20.3. The lowest BCUT2D eigenvalue weighted by Crippen LogP contribution is -2.41. The normalized spacial score (nSPS) is 11.1. The highest BCUT2D eigenvalue weighted by molar-refractivity contribution is 7.99. The van der Waals surface area contributed by atoms with E-state index in [2.05, 4.69) is 15.2 Å². The summed E-state index contributed by atoms with van der Waals surface area (Å²) in [7, 11) is 1.80. The van der Waals surface area contributed by atoms with Gasteiger partial charge in [-0.3, -0.25) is 19.1 Å². The number of nitrogens with two attached hydrogens (primary N) is 1. The monoisotopic (exact) mass is 495 g/mol. The molecule has 0 aliphatic rings. The molecule has 0 fully saturated rings. The second-order valence-corrected chi connectivity index (χ2v) is 8.69. The molecule has 0 spiro atoms. The first kappa shape index (κ1) is 24.1. The fourth-order valence-corrected chi connectivity index (χ4v) is 4.50. The molecule has 0 unspecified atom stereocenters. The van der Waals surface area contributed by atoms with Crippen molar-refractivity contribution in [3.63, 3.8) is 0 Å². The van der Waals surface area contributed by atoms with Gasteiger partial charge in [0.1, 0.15) is 11.6 Å². The number of anilines is 2. The minimum Gasteiger partial charge on any atom is -0.469 e. The van der Waals surface area contributed by atoms with Crippen LogP contribution in [0.1, 0.15) is 18.2 Å². The van der Waals surface area contributed by atoms with Crippen LogP contribution in [0.3, 0.4) is 0 Å². The minimum absolute atomic E-state index is 0.0130. The van der Waals surface area contributed by atoms with E-state index in [9.17, 15) is 14.4 Å². The summed E-state index contributed by atoms with van der Waals surface area (Å²) in [6.45, 7) is 3.91. The van der Waals surface area contributed by atoms with Crippen molar-refractivity contribution < 1.29 is 9.21 Å². The second kappa shape index (κ2) is 10.1. The van der Waals surface area contributed by atoms with E-state index < -0.39 is 11.2 Å².